The second kappa shape index (κ2) is 8.21. The molecule has 0 atom stereocenters. The molecule has 0 radical (unpaired) electrons. The van der Waals surface area contributed by atoms with Gasteiger partial charge in [-0.05, 0) is 25.5 Å². The highest BCUT2D eigenvalue weighted by Crippen LogP contribution is 2.09. The van der Waals surface area contributed by atoms with Crippen molar-refractivity contribution in [1.82, 2.24) is 10.8 Å². The summed E-state index contributed by atoms with van der Waals surface area (Å²) in [5.41, 5.74) is 1.98. The Morgan fingerprint density at radius 1 is 1.30 bits per heavy atom. The summed E-state index contributed by atoms with van der Waals surface area (Å²) >= 11 is 0. The highest BCUT2D eigenvalue weighted by atomic mass is 19.1. The largest absolute Gasteiger partial charge is 0.352 e. The van der Waals surface area contributed by atoms with Crippen LogP contribution in [-0.2, 0) is 9.63 Å². The molecular weight excluding hydrogens is 270 g/mol. The van der Waals surface area contributed by atoms with Gasteiger partial charge in [0, 0.05) is 19.0 Å². The highest BCUT2D eigenvalue weighted by Gasteiger charge is 2.11. The van der Waals surface area contributed by atoms with Crippen LogP contribution in [0.1, 0.15) is 30.1 Å². The number of benzene rings is 1. The van der Waals surface area contributed by atoms with Crippen molar-refractivity contribution in [2.75, 3.05) is 13.2 Å². The van der Waals surface area contributed by atoms with Gasteiger partial charge in [0.05, 0.1) is 12.2 Å². The van der Waals surface area contributed by atoms with Crippen molar-refractivity contribution in [3.05, 3.63) is 35.4 Å². The quantitative estimate of drug-likeness (QED) is 0.590. The predicted molar refractivity (Wildman–Crippen MR) is 67.7 cm³/mol. The Morgan fingerprint density at radius 3 is 2.70 bits per heavy atom. The topological polar surface area (TPSA) is 67.4 Å². The third-order valence-corrected chi connectivity index (χ3v) is 2.37. The molecule has 20 heavy (non-hydrogen) atoms. The number of halogens is 2. The number of carbonyl (C=O) groups excluding carboxylic acids is 2. The normalized spacial score (nSPS) is 10.2. The number of amides is 2. The molecule has 0 aliphatic heterocycles. The van der Waals surface area contributed by atoms with E-state index in [1.807, 2.05) is 0 Å². The molecule has 0 bridgehead atoms. The molecule has 1 aromatic rings. The molecule has 0 saturated heterocycles. The van der Waals surface area contributed by atoms with Crippen molar-refractivity contribution < 1.29 is 23.2 Å². The molecule has 0 fully saturated rings. The molecule has 0 spiro atoms. The monoisotopic (exact) mass is 286 g/mol. The Balaban J connectivity index is 2.31. The fourth-order valence-electron chi connectivity index (χ4n) is 1.42. The van der Waals surface area contributed by atoms with E-state index in [9.17, 15) is 18.4 Å². The lowest BCUT2D eigenvalue weighted by Crippen LogP contribution is -2.28. The van der Waals surface area contributed by atoms with E-state index in [0.717, 1.165) is 12.1 Å². The van der Waals surface area contributed by atoms with Gasteiger partial charge in [-0.3, -0.25) is 14.4 Å². The van der Waals surface area contributed by atoms with Crippen molar-refractivity contribution in [3.8, 4) is 0 Å². The average Bonchev–Trinajstić information content (AvgIpc) is 2.41. The minimum absolute atomic E-state index is 0.173. The van der Waals surface area contributed by atoms with Gasteiger partial charge >= 0.3 is 0 Å². The first-order valence-electron chi connectivity index (χ1n) is 6.18. The van der Waals surface area contributed by atoms with Crippen LogP contribution in [-0.4, -0.2) is 25.0 Å². The number of hydroxylamine groups is 1. The minimum atomic E-state index is -0.920. The van der Waals surface area contributed by atoms with Crippen LogP contribution in [0.15, 0.2) is 18.2 Å². The van der Waals surface area contributed by atoms with E-state index in [4.69, 9.17) is 4.84 Å². The number of hydrogen-bond donors (Lipinski definition) is 2. The lowest BCUT2D eigenvalue weighted by Gasteiger charge is -2.06. The third kappa shape index (κ3) is 5.31. The van der Waals surface area contributed by atoms with Crippen molar-refractivity contribution >= 4 is 11.8 Å². The van der Waals surface area contributed by atoms with Gasteiger partial charge in [-0.1, -0.05) is 0 Å². The SMILES string of the molecule is CCONC(=O)CCCNC(=O)c1ccc(F)cc1F. The molecule has 7 heteroatoms. The highest BCUT2D eigenvalue weighted by molar-refractivity contribution is 5.94. The summed E-state index contributed by atoms with van der Waals surface area (Å²) in [4.78, 5) is 27.5. The van der Waals surface area contributed by atoms with Gasteiger partial charge in [0.15, 0.2) is 0 Å². The smallest absolute Gasteiger partial charge is 0.254 e. The molecule has 0 heterocycles. The summed E-state index contributed by atoms with van der Waals surface area (Å²) in [7, 11) is 0. The van der Waals surface area contributed by atoms with Crippen LogP contribution in [0, 0.1) is 11.6 Å². The Morgan fingerprint density at radius 2 is 2.05 bits per heavy atom. The Hall–Kier alpha value is -2.02. The van der Waals surface area contributed by atoms with E-state index in [0.29, 0.717) is 19.1 Å². The van der Waals surface area contributed by atoms with E-state index in [1.54, 1.807) is 6.92 Å². The molecule has 0 aliphatic carbocycles. The van der Waals surface area contributed by atoms with E-state index >= 15 is 0 Å². The van der Waals surface area contributed by atoms with Crippen molar-refractivity contribution in [2.24, 2.45) is 0 Å². The van der Waals surface area contributed by atoms with Crippen LogP contribution >= 0.6 is 0 Å². The summed E-state index contributed by atoms with van der Waals surface area (Å²) in [6, 6.07) is 2.72. The first-order chi connectivity index (χ1) is 9.54. The van der Waals surface area contributed by atoms with Gasteiger partial charge < -0.3 is 5.32 Å². The van der Waals surface area contributed by atoms with Crippen LogP contribution in [0.2, 0.25) is 0 Å². The maximum Gasteiger partial charge on any atom is 0.254 e. The van der Waals surface area contributed by atoms with Crippen molar-refractivity contribution in [1.29, 1.82) is 0 Å². The standard InChI is InChI=1S/C13H16F2N2O3/c1-2-20-17-12(18)4-3-7-16-13(19)10-6-5-9(14)8-11(10)15/h5-6,8H,2-4,7H2,1H3,(H,16,19)(H,17,18). The number of nitrogens with one attached hydrogen (secondary N) is 2. The van der Waals surface area contributed by atoms with Gasteiger partial charge in [-0.15, -0.1) is 0 Å². The summed E-state index contributed by atoms with van der Waals surface area (Å²) < 4.78 is 26.0. The summed E-state index contributed by atoms with van der Waals surface area (Å²) in [6.07, 6.45) is 0.555. The third-order valence-electron chi connectivity index (χ3n) is 2.37. The van der Waals surface area contributed by atoms with Gasteiger partial charge in [0.25, 0.3) is 5.91 Å². The molecular formula is C13H16F2N2O3. The summed E-state index contributed by atoms with van der Waals surface area (Å²) in [5.74, 6) is -2.61. The van der Waals surface area contributed by atoms with E-state index in [1.165, 1.54) is 0 Å². The second-order valence-electron chi connectivity index (χ2n) is 3.94. The summed E-state index contributed by atoms with van der Waals surface area (Å²) in [5, 5.41) is 2.45. The van der Waals surface area contributed by atoms with E-state index < -0.39 is 17.5 Å². The molecule has 0 aliphatic rings. The molecule has 0 unspecified atom stereocenters. The van der Waals surface area contributed by atoms with Crippen LogP contribution in [0.5, 0.6) is 0 Å². The van der Waals surface area contributed by atoms with Gasteiger partial charge in [-0.25, -0.2) is 14.3 Å². The van der Waals surface area contributed by atoms with Crippen LogP contribution in [0.4, 0.5) is 8.78 Å². The van der Waals surface area contributed by atoms with Crippen LogP contribution < -0.4 is 10.8 Å². The fourth-order valence-corrected chi connectivity index (χ4v) is 1.42. The van der Waals surface area contributed by atoms with E-state index in [2.05, 4.69) is 10.8 Å². The van der Waals surface area contributed by atoms with Crippen LogP contribution in [0.3, 0.4) is 0 Å². The second-order valence-corrected chi connectivity index (χ2v) is 3.94. The lowest BCUT2D eigenvalue weighted by molar-refractivity contribution is -0.133. The maximum absolute atomic E-state index is 13.3. The number of hydrogen-bond acceptors (Lipinski definition) is 3. The molecule has 2 N–H and O–H groups in total. The molecule has 5 nitrogen and oxygen atoms in total. The molecule has 110 valence electrons. The lowest BCUT2D eigenvalue weighted by atomic mass is 10.2. The minimum Gasteiger partial charge on any atom is -0.352 e. The molecule has 0 aromatic heterocycles. The Kier molecular flexibility index (Phi) is 6.58. The van der Waals surface area contributed by atoms with Gasteiger partial charge in [-0.2, -0.15) is 0 Å². The fraction of sp³-hybridized carbons (Fsp3) is 0.385. The van der Waals surface area contributed by atoms with Gasteiger partial charge in [0.2, 0.25) is 5.91 Å². The predicted octanol–water partition coefficient (Wildman–Crippen LogP) is 1.54. The first kappa shape index (κ1) is 16.0. The molecule has 0 saturated carbocycles. The maximum atomic E-state index is 13.3. The van der Waals surface area contributed by atoms with Crippen LogP contribution in [0.25, 0.3) is 0 Å². The Labute approximate surface area is 115 Å². The molecule has 1 rings (SSSR count). The molecule has 2 amide bonds. The molecule has 1 aromatic carbocycles. The van der Waals surface area contributed by atoms with E-state index in [-0.39, 0.29) is 24.4 Å². The van der Waals surface area contributed by atoms with Crippen molar-refractivity contribution in [3.63, 3.8) is 0 Å². The first-order valence-corrected chi connectivity index (χ1v) is 6.18. The zero-order valence-electron chi connectivity index (χ0n) is 11.0. The van der Waals surface area contributed by atoms with Gasteiger partial charge in [0.1, 0.15) is 11.6 Å². The summed E-state index contributed by atoms with van der Waals surface area (Å²) in [6.45, 7) is 2.30. The number of rotatable bonds is 7. The number of carbonyl (C=O) groups is 2. The van der Waals surface area contributed by atoms with Crippen molar-refractivity contribution in [2.45, 2.75) is 19.8 Å². The zero-order valence-corrected chi connectivity index (χ0v) is 11.0. The zero-order chi connectivity index (χ0) is 15.0. The Bertz CT molecular complexity index is 481. The average molecular weight is 286 g/mol.